The first-order chi connectivity index (χ1) is 14.7. The third-order valence-electron chi connectivity index (χ3n) is 4.65. The fraction of sp³-hybridized carbons (Fsp3) is 0.350. The molecular formula is C20H26N4O6S. The number of hydrogen-bond acceptors (Lipinski definition) is 8. The Morgan fingerprint density at radius 1 is 1.13 bits per heavy atom. The second-order valence-electron chi connectivity index (χ2n) is 6.40. The summed E-state index contributed by atoms with van der Waals surface area (Å²) in [4.78, 5) is 10.8. The molecule has 0 aliphatic rings. The number of nitrogens with zero attached hydrogens (tertiary/aromatic N) is 3. The predicted octanol–water partition coefficient (Wildman–Crippen LogP) is 3.48. The number of benzene rings is 2. The smallest absolute Gasteiger partial charge is 0.295 e. The van der Waals surface area contributed by atoms with Gasteiger partial charge in [0, 0.05) is 30.8 Å². The number of hydrogen-bond donors (Lipinski definition) is 1. The van der Waals surface area contributed by atoms with Crippen LogP contribution in [0.4, 0.5) is 11.4 Å². The molecule has 1 N–H and O–H groups in total. The molecule has 2 aromatic carbocycles. The van der Waals surface area contributed by atoms with Crippen molar-refractivity contribution in [3.8, 4) is 11.5 Å². The minimum Gasteiger partial charge on any atom is -0.497 e. The Morgan fingerprint density at radius 2 is 1.81 bits per heavy atom. The first-order valence-corrected chi connectivity index (χ1v) is 10.9. The van der Waals surface area contributed by atoms with Crippen molar-refractivity contribution in [1.82, 2.24) is 4.31 Å². The quantitative estimate of drug-likeness (QED) is 0.334. The molecule has 0 saturated carbocycles. The molecule has 0 amide bonds. The van der Waals surface area contributed by atoms with Crippen molar-refractivity contribution in [3.63, 3.8) is 0 Å². The minimum atomic E-state index is -3.83. The number of rotatable bonds is 10. The van der Waals surface area contributed by atoms with Gasteiger partial charge in [0.25, 0.3) is 5.69 Å². The molecule has 0 spiro atoms. The Morgan fingerprint density at radius 3 is 2.35 bits per heavy atom. The van der Waals surface area contributed by atoms with Gasteiger partial charge in [0.05, 0.1) is 29.8 Å². The van der Waals surface area contributed by atoms with Crippen LogP contribution in [0.1, 0.15) is 26.3 Å². The van der Waals surface area contributed by atoms with Crippen LogP contribution in [0.5, 0.6) is 11.5 Å². The summed E-state index contributed by atoms with van der Waals surface area (Å²) in [6.45, 7) is 5.65. The Bertz CT molecular complexity index is 1080. The van der Waals surface area contributed by atoms with Crippen LogP contribution >= 0.6 is 0 Å². The maximum absolute atomic E-state index is 12.7. The van der Waals surface area contributed by atoms with Crippen molar-refractivity contribution < 1.29 is 22.8 Å². The van der Waals surface area contributed by atoms with Crippen LogP contribution < -0.4 is 14.9 Å². The van der Waals surface area contributed by atoms with Crippen molar-refractivity contribution >= 4 is 27.1 Å². The topological polar surface area (TPSA) is 123 Å². The molecule has 0 saturated heterocycles. The molecule has 0 radical (unpaired) electrons. The molecular weight excluding hydrogens is 424 g/mol. The average Bonchev–Trinajstić information content (AvgIpc) is 2.77. The normalized spacial score (nSPS) is 12.0. The lowest BCUT2D eigenvalue weighted by Crippen LogP contribution is -2.30. The molecule has 0 atom stereocenters. The van der Waals surface area contributed by atoms with Gasteiger partial charge in [-0.1, -0.05) is 13.8 Å². The van der Waals surface area contributed by atoms with Crippen molar-refractivity contribution in [2.24, 2.45) is 5.10 Å². The van der Waals surface area contributed by atoms with Crippen LogP contribution in [0.15, 0.2) is 46.4 Å². The van der Waals surface area contributed by atoms with E-state index in [2.05, 4.69) is 10.5 Å². The van der Waals surface area contributed by atoms with E-state index in [0.717, 1.165) is 6.07 Å². The number of nitro groups is 1. The highest BCUT2D eigenvalue weighted by molar-refractivity contribution is 7.89. The molecule has 0 aromatic heterocycles. The third-order valence-corrected chi connectivity index (χ3v) is 6.70. The van der Waals surface area contributed by atoms with Gasteiger partial charge in [-0.2, -0.15) is 9.41 Å². The number of ether oxygens (including phenoxy) is 2. The van der Waals surface area contributed by atoms with Crippen LogP contribution in [0, 0.1) is 10.1 Å². The van der Waals surface area contributed by atoms with Crippen LogP contribution in [0.3, 0.4) is 0 Å². The van der Waals surface area contributed by atoms with Crippen LogP contribution in [0.2, 0.25) is 0 Å². The zero-order chi connectivity index (χ0) is 23.2. The largest absolute Gasteiger partial charge is 0.497 e. The number of methoxy groups -OCH3 is 2. The van der Waals surface area contributed by atoms with Crippen LogP contribution in [-0.4, -0.2) is 50.7 Å². The van der Waals surface area contributed by atoms with Gasteiger partial charge >= 0.3 is 0 Å². The third kappa shape index (κ3) is 5.30. The van der Waals surface area contributed by atoms with Gasteiger partial charge in [0.1, 0.15) is 17.2 Å². The summed E-state index contributed by atoms with van der Waals surface area (Å²) in [6.07, 6.45) is 0. The molecule has 0 heterocycles. The highest BCUT2D eigenvalue weighted by Crippen LogP contribution is 2.30. The fourth-order valence-corrected chi connectivity index (χ4v) is 4.41. The second kappa shape index (κ2) is 10.2. The standard InChI is InChI=1S/C20H26N4O6S/c1-6-23(7-2)31(27,28)16-9-11-18(19(13-16)24(25)26)22-21-14(3)17-10-8-15(29-4)12-20(17)30-5/h8-13,22H,6-7H2,1-5H3/b21-14-. The van der Waals surface area contributed by atoms with E-state index in [9.17, 15) is 18.5 Å². The molecule has 2 aromatic rings. The first kappa shape index (κ1) is 24.1. The van der Waals surface area contributed by atoms with Gasteiger partial charge in [-0.05, 0) is 31.2 Å². The lowest BCUT2D eigenvalue weighted by atomic mass is 10.1. The second-order valence-corrected chi connectivity index (χ2v) is 8.34. The zero-order valence-corrected chi connectivity index (χ0v) is 18.9. The highest BCUT2D eigenvalue weighted by atomic mass is 32.2. The van der Waals surface area contributed by atoms with Crippen LogP contribution in [-0.2, 0) is 10.0 Å². The molecule has 0 aliphatic carbocycles. The van der Waals surface area contributed by atoms with Crippen molar-refractivity contribution in [1.29, 1.82) is 0 Å². The van der Waals surface area contributed by atoms with Gasteiger partial charge in [0.2, 0.25) is 10.0 Å². The summed E-state index contributed by atoms with van der Waals surface area (Å²) in [5.41, 5.74) is 3.50. The van der Waals surface area contributed by atoms with Crippen LogP contribution in [0.25, 0.3) is 0 Å². The number of nitrogens with one attached hydrogen (secondary N) is 1. The van der Waals surface area contributed by atoms with E-state index in [0.29, 0.717) is 22.8 Å². The first-order valence-electron chi connectivity index (χ1n) is 9.50. The minimum absolute atomic E-state index is 0.0651. The van der Waals surface area contributed by atoms with Gasteiger partial charge in [0.15, 0.2) is 0 Å². The van der Waals surface area contributed by atoms with E-state index >= 15 is 0 Å². The molecule has 0 fully saturated rings. The summed E-state index contributed by atoms with van der Waals surface area (Å²) in [7, 11) is -0.772. The van der Waals surface area contributed by atoms with E-state index in [4.69, 9.17) is 9.47 Å². The average molecular weight is 451 g/mol. The lowest BCUT2D eigenvalue weighted by molar-refractivity contribution is -0.384. The van der Waals surface area contributed by atoms with E-state index in [1.54, 1.807) is 46.1 Å². The number of nitro benzene ring substituents is 1. The zero-order valence-electron chi connectivity index (χ0n) is 18.1. The summed E-state index contributed by atoms with van der Waals surface area (Å²) in [5, 5.41) is 15.8. The van der Waals surface area contributed by atoms with Crippen molar-refractivity contribution in [2.45, 2.75) is 25.7 Å². The molecule has 11 heteroatoms. The van der Waals surface area contributed by atoms with E-state index in [1.807, 2.05) is 0 Å². The molecule has 0 aliphatic heterocycles. The van der Waals surface area contributed by atoms with Crippen molar-refractivity contribution in [2.75, 3.05) is 32.7 Å². The number of hydrazone groups is 1. The number of anilines is 1. The Balaban J connectivity index is 2.41. The monoisotopic (exact) mass is 450 g/mol. The summed E-state index contributed by atoms with van der Waals surface area (Å²) < 4.78 is 37.1. The van der Waals surface area contributed by atoms with E-state index < -0.39 is 20.6 Å². The molecule has 2 rings (SSSR count). The Hall–Kier alpha value is -3.18. The van der Waals surface area contributed by atoms with Gasteiger partial charge in [-0.15, -0.1) is 0 Å². The summed E-state index contributed by atoms with van der Waals surface area (Å²) in [6, 6.07) is 8.88. The molecule has 10 nitrogen and oxygen atoms in total. The summed E-state index contributed by atoms with van der Waals surface area (Å²) >= 11 is 0. The lowest BCUT2D eigenvalue weighted by Gasteiger charge is -2.18. The van der Waals surface area contributed by atoms with Crippen molar-refractivity contribution in [3.05, 3.63) is 52.1 Å². The van der Waals surface area contributed by atoms with Gasteiger partial charge < -0.3 is 9.47 Å². The van der Waals surface area contributed by atoms with Gasteiger partial charge in [-0.3, -0.25) is 15.5 Å². The predicted molar refractivity (Wildman–Crippen MR) is 119 cm³/mol. The van der Waals surface area contributed by atoms with Gasteiger partial charge in [-0.25, -0.2) is 8.42 Å². The number of sulfonamides is 1. The Labute approximate surface area is 181 Å². The Kier molecular flexibility index (Phi) is 7.95. The molecule has 31 heavy (non-hydrogen) atoms. The highest BCUT2D eigenvalue weighted by Gasteiger charge is 2.25. The maximum Gasteiger partial charge on any atom is 0.295 e. The SMILES string of the molecule is CCN(CC)S(=O)(=O)c1ccc(N/N=C(/C)c2ccc(OC)cc2OC)c([N+](=O)[O-])c1. The molecule has 0 bridgehead atoms. The van der Waals surface area contributed by atoms with E-state index in [-0.39, 0.29) is 23.7 Å². The summed E-state index contributed by atoms with van der Waals surface area (Å²) in [5.74, 6) is 1.14. The molecule has 168 valence electrons. The fourth-order valence-electron chi connectivity index (χ4n) is 2.93. The maximum atomic E-state index is 12.7. The molecule has 0 unspecified atom stereocenters. The van der Waals surface area contributed by atoms with E-state index in [1.165, 1.54) is 23.5 Å².